The molecule has 0 bridgehead atoms. The molecule has 0 saturated heterocycles. The van der Waals surface area contributed by atoms with Gasteiger partial charge in [-0.15, -0.1) is 5.10 Å². The Hall–Kier alpha value is -2.70. The Kier molecular flexibility index (Phi) is 3.14. The molecule has 1 aromatic carbocycles. The van der Waals surface area contributed by atoms with Crippen LogP contribution in [-0.2, 0) is 6.54 Å². The van der Waals surface area contributed by atoms with Gasteiger partial charge in [0.15, 0.2) is 0 Å². The molecule has 0 unspecified atom stereocenters. The third-order valence-corrected chi connectivity index (χ3v) is 4.41. The summed E-state index contributed by atoms with van der Waals surface area (Å²) in [5.74, 6) is 0.0980. The highest BCUT2D eigenvalue weighted by atomic mass is 19.1. The van der Waals surface area contributed by atoms with Crippen LogP contribution in [0.1, 0.15) is 19.3 Å². The summed E-state index contributed by atoms with van der Waals surface area (Å²) in [7, 11) is 0. The van der Waals surface area contributed by atoms with Crippen molar-refractivity contribution < 1.29 is 4.39 Å². The van der Waals surface area contributed by atoms with Crippen LogP contribution < -0.4 is 11.2 Å². The molecule has 1 aliphatic carbocycles. The molecule has 1 fully saturated rings. The van der Waals surface area contributed by atoms with Crippen LogP contribution >= 0.6 is 0 Å². The molecular formula is C16H15FN4O2. The van der Waals surface area contributed by atoms with E-state index in [1.165, 1.54) is 56.7 Å². The van der Waals surface area contributed by atoms with Gasteiger partial charge in [0.25, 0.3) is 0 Å². The van der Waals surface area contributed by atoms with E-state index in [1.807, 2.05) is 0 Å². The van der Waals surface area contributed by atoms with Crippen molar-refractivity contribution in [2.24, 2.45) is 5.92 Å². The molecule has 0 N–H and O–H groups in total. The van der Waals surface area contributed by atoms with Crippen LogP contribution in [0.5, 0.6) is 0 Å². The van der Waals surface area contributed by atoms with Crippen molar-refractivity contribution in [1.29, 1.82) is 0 Å². The molecule has 6 nitrogen and oxygen atoms in total. The molecule has 0 aliphatic heterocycles. The zero-order valence-corrected chi connectivity index (χ0v) is 12.4. The summed E-state index contributed by atoms with van der Waals surface area (Å²) in [6, 6.07) is 5.59. The molecule has 0 atom stereocenters. The molecule has 1 saturated carbocycles. The summed E-state index contributed by atoms with van der Waals surface area (Å²) in [6.45, 7) is 0.552. The molecule has 1 aliphatic rings. The van der Waals surface area contributed by atoms with Gasteiger partial charge >= 0.3 is 11.2 Å². The quantitative estimate of drug-likeness (QED) is 0.737. The Labute approximate surface area is 130 Å². The Morgan fingerprint density at radius 2 is 1.87 bits per heavy atom. The van der Waals surface area contributed by atoms with E-state index in [1.54, 1.807) is 0 Å². The Balaban J connectivity index is 1.83. The van der Waals surface area contributed by atoms with Crippen molar-refractivity contribution in [2.45, 2.75) is 25.8 Å². The van der Waals surface area contributed by atoms with Crippen LogP contribution in [-0.4, -0.2) is 18.7 Å². The molecule has 0 spiro atoms. The Bertz CT molecular complexity index is 980. The second kappa shape index (κ2) is 5.19. The monoisotopic (exact) mass is 314 g/mol. The third kappa shape index (κ3) is 2.28. The van der Waals surface area contributed by atoms with Gasteiger partial charge in [-0.2, -0.15) is 0 Å². The summed E-state index contributed by atoms with van der Waals surface area (Å²) in [5.41, 5.74) is -0.0835. The molecule has 2 aromatic heterocycles. The van der Waals surface area contributed by atoms with E-state index in [2.05, 4.69) is 5.10 Å². The molecule has 7 heteroatoms. The minimum Gasteiger partial charge on any atom is -0.280 e. The predicted octanol–water partition coefficient (Wildman–Crippen LogP) is 1.59. The van der Waals surface area contributed by atoms with Gasteiger partial charge in [-0.1, -0.05) is 6.42 Å². The number of rotatable bonds is 3. The Morgan fingerprint density at radius 1 is 1.13 bits per heavy atom. The molecule has 0 amide bonds. The number of hydrogen-bond donors (Lipinski definition) is 0. The first-order valence-electron chi connectivity index (χ1n) is 7.60. The van der Waals surface area contributed by atoms with Gasteiger partial charge in [0.1, 0.15) is 5.82 Å². The highest BCUT2D eigenvalue weighted by Gasteiger charge is 2.21. The number of benzene rings is 1. The fraction of sp³-hybridized carbons (Fsp3) is 0.312. The predicted molar refractivity (Wildman–Crippen MR) is 82.3 cm³/mol. The second-order valence-corrected chi connectivity index (χ2v) is 5.90. The van der Waals surface area contributed by atoms with Crippen LogP contribution in [0.2, 0.25) is 0 Å². The van der Waals surface area contributed by atoms with Crippen molar-refractivity contribution in [3.8, 4) is 5.69 Å². The molecule has 4 rings (SSSR count). The average molecular weight is 314 g/mol. The normalized spacial score (nSPS) is 15.0. The molecule has 0 radical (unpaired) electrons. The molecule has 23 heavy (non-hydrogen) atoms. The number of hydrogen-bond acceptors (Lipinski definition) is 3. The summed E-state index contributed by atoms with van der Waals surface area (Å²) in [4.78, 5) is 24.9. The molecular weight excluding hydrogens is 299 g/mol. The minimum absolute atomic E-state index is 0.0844. The van der Waals surface area contributed by atoms with Crippen molar-refractivity contribution >= 4 is 5.65 Å². The van der Waals surface area contributed by atoms with Crippen molar-refractivity contribution in [3.63, 3.8) is 0 Å². The summed E-state index contributed by atoms with van der Waals surface area (Å²) in [5, 5.41) is 4.20. The largest absolute Gasteiger partial charge is 0.350 e. The Morgan fingerprint density at radius 3 is 2.52 bits per heavy atom. The maximum Gasteiger partial charge on any atom is 0.350 e. The smallest absolute Gasteiger partial charge is 0.280 e. The zero-order valence-electron chi connectivity index (χ0n) is 12.4. The van der Waals surface area contributed by atoms with Gasteiger partial charge in [-0.3, -0.25) is 9.36 Å². The lowest BCUT2D eigenvalue weighted by Gasteiger charge is -2.24. The van der Waals surface area contributed by atoms with Gasteiger partial charge in [0.2, 0.25) is 5.65 Å². The fourth-order valence-electron chi connectivity index (χ4n) is 2.85. The summed E-state index contributed by atoms with van der Waals surface area (Å²) >= 11 is 0. The van der Waals surface area contributed by atoms with Crippen molar-refractivity contribution in [2.75, 3.05) is 0 Å². The van der Waals surface area contributed by atoms with Gasteiger partial charge in [0.05, 0.1) is 0 Å². The van der Waals surface area contributed by atoms with Crippen LogP contribution in [0.25, 0.3) is 11.3 Å². The average Bonchev–Trinajstić information content (AvgIpc) is 2.82. The standard InChI is InChI=1S/C16H15FN4O2/c17-12-4-6-13(7-5-12)19-8-9-20-14(15(19)22)18-21(16(20)23)10-11-2-1-3-11/h4-9,11H,1-3,10H2. The maximum absolute atomic E-state index is 13.0. The van der Waals surface area contributed by atoms with E-state index in [4.69, 9.17) is 0 Å². The van der Waals surface area contributed by atoms with E-state index in [9.17, 15) is 14.0 Å². The first-order valence-corrected chi connectivity index (χ1v) is 7.60. The van der Waals surface area contributed by atoms with Crippen molar-refractivity contribution in [3.05, 3.63) is 63.3 Å². The molecule has 118 valence electrons. The van der Waals surface area contributed by atoms with E-state index >= 15 is 0 Å². The van der Waals surface area contributed by atoms with Gasteiger partial charge in [-0.05, 0) is 43.0 Å². The zero-order chi connectivity index (χ0) is 16.0. The van der Waals surface area contributed by atoms with E-state index in [0.29, 0.717) is 18.2 Å². The topological polar surface area (TPSA) is 61.3 Å². The minimum atomic E-state index is -0.399. The lowest BCUT2D eigenvalue weighted by atomic mass is 9.86. The fourth-order valence-corrected chi connectivity index (χ4v) is 2.85. The number of fused-ring (bicyclic) bond motifs is 1. The lowest BCUT2D eigenvalue weighted by Crippen LogP contribution is -2.28. The molecule has 2 heterocycles. The second-order valence-electron chi connectivity index (χ2n) is 5.90. The SMILES string of the molecule is O=c1c2nn(CC3CCC3)c(=O)n2ccn1-c1ccc(F)cc1. The van der Waals surface area contributed by atoms with Gasteiger partial charge in [-0.25, -0.2) is 18.3 Å². The first-order chi connectivity index (χ1) is 11.1. The van der Waals surface area contributed by atoms with Crippen LogP contribution in [0.4, 0.5) is 4.39 Å². The van der Waals surface area contributed by atoms with Gasteiger partial charge < -0.3 is 0 Å². The summed E-state index contributed by atoms with van der Waals surface area (Å²) < 4.78 is 17.0. The number of halogens is 1. The number of aromatic nitrogens is 4. The van der Waals surface area contributed by atoms with E-state index in [0.717, 1.165) is 12.8 Å². The first kappa shape index (κ1) is 13.9. The lowest BCUT2D eigenvalue weighted by molar-refractivity contribution is 0.263. The van der Waals surface area contributed by atoms with E-state index < -0.39 is 5.56 Å². The highest BCUT2D eigenvalue weighted by molar-refractivity contribution is 5.39. The van der Waals surface area contributed by atoms with Crippen LogP contribution in [0.3, 0.4) is 0 Å². The maximum atomic E-state index is 13.0. The van der Waals surface area contributed by atoms with Crippen LogP contribution in [0, 0.1) is 11.7 Å². The van der Waals surface area contributed by atoms with Crippen molar-refractivity contribution in [1.82, 2.24) is 18.7 Å². The molecule has 3 aromatic rings. The third-order valence-electron chi connectivity index (χ3n) is 4.41. The number of nitrogens with zero attached hydrogens (tertiary/aromatic N) is 4. The summed E-state index contributed by atoms with van der Waals surface area (Å²) in [6.07, 6.45) is 6.40. The highest BCUT2D eigenvalue weighted by Crippen LogP contribution is 2.27. The van der Waals surface area contributed by atoms with Gasteiger partial charge in [0, 0.05) is 24.6 Å². The van der Waals surface area contributed by atoms with Crippen LogP contribution in [0.15, 0.2) is 46.2 Å². The van der Waals surface area contributed by atoms with E-state index in [-0.39, 0.29) is 17.2 Å².